The van der Waals surface area contributed by atoms with Gasteiger partial charge in [-0.15, -0.1) is 10.2 Å². The minimum absolute atomic E-state index is 0.125. The normalized spacial score (nSPS) is 14.0. The van der Waals surface area contributed by atoms with E-state index in [1.165, 1.54) is 19.3 Å². The van der Waals surface area contributed by atoms with E-state index in [4.69, 9.17) is 0 Å². The van der Waals surface area contributed by atoms with Crippen LogP contribution in [0.1, 0.15) is 29.6 Å². The van der Waals surface area contributed by atoms with Gasteiger partial charge in [-0.25, -0.2) is 0 Å². The summed E-state index contributed by atoms with van der Waals surface area (Å²) in [5.74, 6) is 0.812. The number of piperidine rings is 1. The fourth-order valence-electron chi connectivity index (χ4n) is 3.33. The maximum atomic E-state index is 12.4. The van der Waals surface area contributed by atoms with E-state index in [1.807, 2.05) is 60.7 Å². The number of amides is 1. The number of anilines is 2. The molecule has 142 valence electrons. The first-order valence-corrected chi connectivity index (χ1v) is 10.5. The van der Waals surface area contributed by atoms with Crippen LogP contribution in [0.5, 0.6) is 0 Å². The van der Waals surface area contributed by atoms with Gasteiger partial charge in [0, 0.05) is 33.5 Å². The van der Waals surface area contributed by atoms with Crippen LogP contribution in [0, 0.1) is 3.57 Å². The number of carbonyl (C=O) groups is 1. The lowest BCUT2D eigenvalue weighted by molar-refractivity contribution is 0.102. The Labute approximate surface area is 178 Å². The van der Waals surface area contributed by atoms with Crippen LogP contribution in [-0.2, 0) is 0 Å². The van der Waals surface area contributed by atoms with Gasteiger partial charge in [-0.05, 0) is 90.4 Å². The molecule has 0 spiro atoms. The van der Waals surface area contributed by atoms with Crippen molar-refractivity contribution in [3.8, 4) is 11.3 Å². The Kier molecular flexibility index (Phi) is 5.85. The summed E-state index contributed by atoms with van der Waals surface area (Å²) in [6.45, 7) is 2.10. The fourth-order valence-corrected chi connectivity index (χ4v) is 3.69. The average molecular weight is 484 g/mol. The molecule has 1 N–H and O–H groups in total. The lowest BCUT2D eigenvalue weighted by Gasteiger charge is -2.27. The molecule has 0 atom stereocenters. The molecule has 1 saturated heterocycles. The van der Waals surface area contributed by atoms with Crippen molar-refractivity contribution >= 4 is 40.0 Å². The van der Waals surface area contributed by atoms with Crippen molar-refractivity contribution in [1.82, 2.24) is 10.2 Å². The van der Waals surface area contributed by atoms with Crippen LogP contribution in [-0.4, -0.2) is 29.2 Å². The van der Waals surface area contributed by atoms with E-state index in [9.17, 15) is 4.79 Å². The fraction of sp³-hybridized carbons (Fsp3) is 0.227. The van der Waals surface area contributed by atoms with Crippen LogP contribution in [0.25, 0.3) is 11.3 Å². The standard InChI is InChI=1S/C22H21IN4O/c23-18-9-7-16(8-10-18)22(28)24-19-6-4-5-17(15-19)20-11-12-21(26-25-20)27-13-2-1-3-14-27/h4-12,15H,1-3,13-14H2,(H,24,28). The van der Waals surface area contributed by atoms with Crippen LogP contribution < -0.4 is 10.2 Å². The Hall–Kier alpha value is -2.48. The molecule has 6 heteroatoms. The number of benzene rings is 2. The second kappa shape index (κ2) is 8.68. The molecule has 4 rings (SSSR count). The molecule has 1 aromatic heterocycles. The monoisotopic (exact) mass is 484 g/mol. The zero-order valence-electron chi connectivity index (χ0n) is 15.4. The predicted molar refractivity (Wildman–Crippen MR) is 121 cm³/mol. The molecule has 0 radical (unpaired) electrons. The van der Waals surface area contributed by atoms with E-state index < -0.39 is 0 Å². The predicted octanol–water partition coefficient (Wildman–Crippen LogP) is 4.99. The van der Waals surface area contributed by atoms with Crippen molar-refractivity contribution in [2.24, 2.45) is 0 Å². The number of aromatic nitrogens is 2. The third kappa shape index (κ3) is 4.49. The van der Waals surface area contributed by atoms with Crippen molar-refractivity contribution in [2.45, 2.75) is 19.3 Å². The van der Waals surface area contributed by atoms with Crippen LogP contribution in [0.3, 0.4) is 0 Å². The van der Waals surface area contributed by atoms with Crippen LogP contribution in [0.15, 0.2) is 60.7 Å². The molecule has 5 nitrogen and oxygen atoms in total. The molecular formula is C22H21IN4O. The number of rotatable bonds is 4. The molecule has 1 fully saturated rings. The maximum Gasteiger partial charge on any atom is 0.255 e. The van der Waals surface area contributed by atoms with Gasteiger partial charge in [0.2, 0.25) is 0 Å². The SMILES string of the molecule is O=C(Nc1cccc(-c2ccc(N3CCCCC3)nn2)c1)c1ccc(I)cc1. The highest BCUT2D eigenvalue weighted by Crippen LogP contribution is 2.23. The highest BCUT2D eigenvalue weighted by atomic mass is 127. The highest BCUT2D eigenvalue weighted by Gasteiger charge is 2.13. The Balaban J connectivity index is 1.48. The van der Waals surface area contributed by atoms with Gasteiger partial charge in [-0.2, -0.15) is 0 Å². The molecular weight excluding hydrogens is 463 g/mol. The first-order chi connectivity index (χ1) is 13.7. The van der Waals surface area contributed by atoms with E-state index in [0.717, 1.165) is 39.4 Å². The Morgan fingerprint density at radius 3 is 2.43 bits per heavy atom. The first kappa shape index (κ1) is 18.9. The topological polar surface area (TPSA) is 58.1 Å². The number of hydrogen-bond donors (Lipinski definition) is 1. The summed E-state index contributed by atoms with van der Waals surface area (Å²) in [5.41, 5.74) is 3.10. The zero-order valence-corrected chi connectivity index (χ0v) is 17.6. The van der Waals surface area contributed by atoms with Crippen molar-refractivity contribution in [2.75, 3.05) is 23.3 Å². The van der Waals surface area contributed by atoms with Gasteiger partial charge in [0.25, 0.3) is 5.91 Å². The van der Waals surface area contributed by atoms with Gasteiger partial charge >= 0.3 is 0 Å². The number of nitrogens with one attached hydrogen (secondary N) is 1. The molecule has 1 aliphatic heterocycles. The lowest BCUT2D eigenvalue weighted by Crippen LogP contribution is -2.30. The molecule has 28 heavy (non-hydrogen) atoms. The third-order valence-corrected chi connectivity index (χ3v) is 5.57. The van der Waals surface area contributed by atoms with Crippen molar-refractivity contribution in [3.05, 3.63) is 69.8 Å². The Bertz CT molecular complexity index is 951. The van der Waals surface area contributed by atoms with E-state index in [-0.39, 0.29) is 5.91 Å². The van der Waals surface area contributed by atoms with E-state index in [1.54, 1.807) is 0 Å². The highest BCUT2D eigenvalue weighted by molar-refractivity contribution is 14.1. The third-order valence-electron chi connectivity index (χ3n) is 4.85. The summed E-state index contributed by atoms with van der Waals surface area (Å²) in [6.07, 6.45) is 3.72. The second-order valence-electron chi connectivity index (χ2n) is 6.87. The number of nitrogens with zero attached hydrogens (tertiary/aromatic N) is 3. The second-order valence-corrected chi connectivity index (χ2v) is 8.11. The summed E-state index contributed by atoms with van der Waals surface area (Å²) in [7, 11) is 0. The quantitative estimate of drug-likeness (QED) is 0.531. The smallest absolute Gasteiger partial charge is 0.255 e. The van der Waals surface area contributed by atoms with Crippen molar-refractivity contribution in [3.63, 3.8) is 0 Å². The van der Waals surface area contributed by atoms with Crippen molar-refractivity contribution in [1.29, 1.82) is 0 Å². The summed E-state index contributed by atoms with van der Waals surface area (Å²) >= 11 is 2.22. The van der Waals surface area contributed by atoms with Gasteiger partial charge in [0.1, 0.15) is 0 Å². The number of halogens is 1. The average Bonchev–Trinajstić information content (AvgIpc) is 2.75. The molecule has 0 unspecified atom stereocenters. The summed E-state index contributed by atoms with van der Waals surface area (Å²) in [6, 6.07) is 19.2. The van der Waals surface area contributed by atoms with Crippen LogP contribution in [0.4, 0.5) is 11.5 Å². The zero-order chi connectivity index (χ0) is 19.3. The molecule has 1 amide bonds. The Morgan fingerprint density at radius 2 is 1.71 bits per heavy atom. The van der Waals surface area contributed by atoms with Gasteiger partial charge in [0.05, 0.1) is 5.69 Å². The van der Waals surface area contributed by atoms with E-state index >= 15 is 0 Å². The minimum Gasteiger partial charge on any atom is -0.355 e. The van der Waals surface area contributed by atoms with E-state index in [0.29, 0.717) is 5.56 Å². The van der Waals surface area contributed by atoms with Gasteiger partial charge < -0.3 is 10.2 Å². The van der Waals surface area contributed by atoms with Crippen LogP contribution in [0.2, 0.25) is 0 Å². The van der Waals surface area contributed by atoms with Gasteiger partial charge in [-0.3, -0.25) is 4.79 Å². The largest absolute Gasteiger partial charge is 0.355 e. The number of carbonyl (C=O) groups excluding carboxylic acids is 1. The maximum absolute atomic E-state index is 12.4. The molecule has 2 aromatic carbocycles. The Morgan fingerprint density at radius 1 is 0.929 bits per heavy atom. The lowest BCUT2D eigenvalue weighted by atomic mass is 10.1. The van der Waals surface area contributed by atoms with E-state index in [2.05, 4.69) is 43.0 Å². The minimum atomic E-state index is -0.125. The molecule has 1 aliphatic rings. The summed E-state index contributed by atoms with van der Waals surface area (Å²) < 4.78 is 1.10. The number of hydrogen-bond acceptors (Lipinski definition) is 4. The van der Waals surface area contributed by atoms with Gasteiger partial charge in [-0.1, -0.05) is 12.1 Å². The molecule has 0 bridgehead atoms. The van der Waals surface area contributed by atoms with Gasteiger partial charge in [0.15, 0.2) is 5.82 Å². The molecule has 0 saturated carbocycles. The molecule has 2 heterocycles. The summed E-state index contributed by atoms with van der Waals surface area (Å²) in [4.78, 5) is 14.7. The molecule has 3 aromatic rings. The summed E-state index contributed by atoms with van der Waals surface area (Å²) in [5, 5.41) is 11.8. The molecule has 0 aliphatic carbocycles. The van der Waals surface area contributed by atoms with Crippen molar-refractivity contribution < 1.29 is 4.79 Å². The van der Waals surface area contributed by atoms with Crippen LogP contribution >= 0.6 is 22.6 Å². The first-order valence-electron chi connectivity index (χ1n) is 9.45.